The number of thioether (sulfide) groups is 1. The van der Waals surface area contributed by atoms with Crippen molar-refractivity contribution in [3.05, 3.63) is 34.9 Å². The van der Waals surface area contributed by atoms with Crippen LogP contribution in [0.25, 0.3) is 0 Å². The first-order valence-electron chi connectivity index (χ1n) is 4.84. The predicted molar refractivity (Wildman–Crippen MR) is 72.3 cm³/mol. The molecular formula is C11H15ClOS2. The summed E-state index contributed by atoms with van der Waals surface area (Å²) in [5.74, 6) is 2.73. The second-order valence-corrected chi connectivity index (χ2v) is 4.94. The highest BCUT2D eigenvalue weighted by atomic mass is 35.5. The standard InChI is InChI=1S/C11H15ClOS2/c12-11-4-2-1-3-10(11)9-15-8-6-13-5-7-14/h1-4,14H,5-9H2. The summed E-state index contributed by atoms with van der Waals surface area (Å²) < 4.78 is 5.32. The number of hydrogen-bond acceptors (Lipinski definition) is 3. The highest BCUT2D eigenvalue weighted by Crippen LogP contribution is 2.20. The van der Waals surface area contributed by atoms with Gasteiger partial charge in [-0.2, -0.15) is 24.4 Å². The minimum atomic E-state index is 0.732. The molecule has 0 aliphatic carbocycles. The van der Waals surface area contributed by atoms with Crippen LogP contribution in [0.4, 0.5) is 0 Å². The zero-order chi connectivity index (χ0) is 10.9. The molecule has 0 aliphatic heterocycles. The average molecular weight is 263 g/mol. The fraction of sp³-hybridized carbons (Fsp3) is 0.455. The summed E-state index contributed by atoms with van der Waals surface area (Å²) >= 11 is 11.9. The third-order valence-electron chi connectivity index (χ3n) is 1.82. The van der Waals surface area contributed by atoms with Gasteiger partial charge in [-0.25, -0.2) is 0 Å². The molecule has 0 atom stereocenters. The van der Waals surface area contributed by atoms with Crippen molar-refractivity contribution in [2.75, 3.05) is 24.7 Å². The Kier molecular flexibility index (Phi) is 7.36. The first-order valence-corrected chi connectivity index (χ1v) is 7.01. The summed E-state index contributed by atoms with van der Waals surface area (Å²) in [6.07, 6.45) is 0. The van der Waals surface area contributed by atoms with Crippen LogP contribution in [0, 0.1) is 0 Å². The molecule has 0 radical (unpaired) electrons. The Bertz CT molecular complexity index is 281. The van der Waals surface area contributed by atoms with Crippen LogP contribution in [0.1, 0.15) is 5.56 Å². The number of ether oxygens (including phenoxy) is 1. The summed E-state index contributed by atoms with van der Waals surface area (Å²) in [5.41, 5.74) is 1.19. The van der Waals surface area contributed by atoms with E-state index in [0.717, 1.165) is 35.5 Å². The van der Waals surface area contributed by atoms with Crippen LogP contribution < -0.4 is 0 Å². The van der Waals surface area contributed by atoms with Gasteiger partial charge < -0.3 is 4.74 Å². The molecule has 0 fully saturated rings. The van der Waals surface area contributed by atoms with E-state index in [0.29, 0.717) is 0 Å². The van der Waals surface area contributed by atoms with E-state index in [1.165, 1.54) is 5.56 Å². The van der Waals surface area contributed by atoms with Gasteiger partial charge in [0, 0.05) is 22.3 Å². The van der Waals surface area contributed by atoms with Crippen molar-refractivity contribution < 1.29 is 4.74 Å². The van der Waals surface area contributed by atoms with Crippen molar-refractivity contribution in [2.24, 2.45) is 0 Å². The Morgan fingerprint density at radius 3 is 2.80 bits per heavy atom. The average Bonchev–Trinajstić information content (AvgIpc) is 2.25. The lowest BCUT2D eigenvalue weighted by molar-refractivity contribution is 0.167. The van der Waals surface area contributed by atoms with Gasteiger partial charge in [-0.1, -0.05) is 29.8 Å². The third kappa shape index (κ3) is 5.71. The fourth-order valence-corrected chi connectivity index (χ4v) is 2.34. The molecule has 1 aromatic carbocycles. The highest BCUT2D eigenvalue weighted by Gasteiger charge is 1.98. The fourth-order valence-electron chi connectivity index (χ4n) is 1.08. The normalized spacial score (nSPS) is 10.5. The topological polar surface area (TPSA) is 9.23 Å². The Morgan fingerprint density at radius 2 is 2.07 bits per heavy atom. The molecule has 0 N–H and O–H groups in total. The largest absolute Gasteiger partial charge is 0.380 e. The molecule has 0 spiro atoms. The smallest absolute Gasteiger partial charge is 0.0557 e. The summed E-state index contributed by atoms with van der Waals surface area (Å²) in [6.45, 7) is 1.52. The number of rotatable bonds is 7. The second kappa shape index (κ2) is 8.34. The van der Waals surface area contributed by atoms with Gasteiger partial charge in [0.05, 0.1) is 13.2 Å². The second-order valence-electron chi connectivity index (χ2n) is 2.98. The summed E-state index contributed by atoms with van der Waals surface area (Å²) in [7, 11) is 0. The lowest BCUT2D eigenvalue weighted by Gasteiger charge is -2.04. The zero-order valence-electron chi connectivity index (χ0n) is 8.49. The van der Waals surface area contributed by atoms with Crippen LogP contribution in [-0.2, 0) is 10.5 Å². The van der Waals surface area contributed by atoms with Crippen LogP contribution >= 0.6 is 36.0 Å². The molecule has 0 bridgehead atoms. The summed E-state index contributed by atoms with van der Waals surface area (Å²) in [5, 5.41) is 0.848. The molecule has 0 amide bonds. The molecule has 0 saturated heterocycles. The van der Waals surface area contributed by atoms with E-state index in [1.54, 1.807) is 0 Å². The number of halogens is 1. The zero-order valence-corrected chi connectivity index (χ0v) is 11.0. The van der Waals surface area contributed by atoms with Gasteiger partial charge in [-0.15, -0.1) is 0 Å². The van der Waals surface area contributed by atoms with E-state index in [9.17, 15) is 0 Å². The van der Waals surface area contributed by atoms with Crippen LogP contribution in [0.3, 0.4) is 0 Å². The maximum atomic E-state index is 6.03. The van der Waals surface area contributed by atoms with Crippen LogP contribution in [-0.4, -0.2) is 24.7 Å². The van der Waals surface area contributed by atoms with Crippen LogP contribution in [0.2, 0.25) is 5.02 Å². The molecule has 1 rings (SSSR count). The minimum Gasteiger partial charge on any atom is -0.380 e. The van der Waals surface area contributed by atoms with E-state index in [1.807, 2.05) is 30.0 Å². The molecule has 0 aliphatic rings. The van der Waals surface area contributed by atoms with E-state index < -0.39 is 0 Å². The predicted octanol–water partition coefficient (Wildman–Crippen LogP) is 3.52. The molecule has 4 heteroatoms. The van der Waals surface area contributed by atoms with E-state index in [-0.39, 0.29) is 0 Å². The molecule has 15 heavy (non-hydrogen) atoms. The van der Waals surface area contributed by atoms with Crippen molar-refractivity contribution in [3.63, 3.8) is 0 Å². The maximum Gasteiger partial charge on any atom is 0.0557 e. The molecular weight excluding hydrogens is 248 g/mol. The van der Waals surface area contributed by atoms with Gasteiger partial charge in [-0.05, 0) is 11.6 Å². The Labute approximate surface area is 106 Å². The van der Waals surface area contributed by atoms with Crippen LogP contribution in [0.5, 0.6) is 0 Å². The first kappa shape index (κ1) is 13.2. The van der Waals surface area contributed by atoms with E-state index in [4.69, 9.17) is 16.3 Å². The molecule has 0 heterocycles. The molecule has 0 aromatic heterocycles. The summed E-state index contributed by atoms with van der Waals surface area (Å²) in [4.78, 5) is 0. The monoisotopic (exact) mass is 262 g/mol. The van der Waals surface area contributed by atoms with Gasteiger partial charge in [0.2, 0.25) is 0 Å². The number of benzene rings is 1. The molecule has 1 nitrogen and oxygen atoms in total. The quantitative estimate of drug-likeness (QED) is 0.595. The van der Waals surface area contributed by atoms with Gasteiger partial charge in [-0.3, -0.25) is 0 Å². The lowest BCUT2D eigenvalue weighted by atomic mass is 10.2. The summed E-state index contributed by atoms with van der Waals surface area (Å²) in [6, 6.07) is 7.95. The van der Waals surface area contributed by atoms with Gasteiger partial charge in [0.1, 0.15) is 0 Å². The highest BCUT2D eigenvalue weighted by molar-refractivity contribution is 7.98. The number of hydrogen-bond donors (Lipinski definition) is 1. The first-order chi connectivity index (χ1) is 7.34. The minimum absolute atomic E-state index is 0.732. The third-order valence-corrected chi connectivity index (χ3v) is 3.34. The molecule has 1 aromatic rings. The van der Waals surface area contributed by atoms with Gasteiger partial charge >= 0.3 is 0 Å². The van der Waals surface area contributed by atoms with E-state index in [2.05, 4.69) is 18.7 Å². The number of thiol groups is 1. The maximum absolute atomic E-state index is 6.03. The van der Waals surface area contributed by atoms with Crippen molar-refractivity contribution >= 4 is 36.0 Å². The Balaban J connectivity index is 2.12. The molecule has 0 saturated carbocycles. The van der Waals surface area contributed by atoms with Crippen LogP contribution in [0.15, 0.2) is 24.3 Å². The molecule has 84 valence electrons. The van der Waals surface area contributed by atoms with Gasteiger partial charge in [0.15, 0.2) is 0 Å². The van der Waals surface area contributed by atoms with Crippen molar-refractivity contribution in [1.29, 1.82) is 0 Å². The molecule has 0 unspecified atom stereocenters. The van der Waals surface area contributed by atoms with Gasteiger partial charge in [0.25, 0.3) is 0 Å². The van der Waals surface area contributed by atoms with Crippen molar-refractivity contribution in [1.82, 2.24) is 0 Å². The Hall–Kier alpha value is 0.170. The lowest BCUT2D eigenvalue weighted by Crippen LogP contribution is -2.00. The Morgan fingerprint density at radius 1 is 1.27 bits per heavy atom. The van der Waals surface area contributed by atoms with Crippen molar-refractivity contribution in [3.8, 4) is 0 Å². The SMILES string of the molecule is SCCOCCSCc1ccccc1Cl. The van der Waals surface area contributed by atoms with Crippen molar-refractivity contribution in [2.45, 2.75) is 5.75 Å². The van der Waals surface area contributed by atoms with E-state index >= 15 is 0 Å².